The van der Waals surface area contributed by atoms with Crippen LogP contribution < -0.4 is 4.74 Å². The van der Waals surface area contributed by atoms with Gasteiger partial charge in [-0.2, -0.15) is 0 Å². The summed E-state index contributed by atoms with van der Waals surface area (Å²) in [5.74, 6) is -0.0493. The number of nitrogens with zero attached hydrogens (tertiary/aromatic N) is 1. The maximum atomic E-state index is 13.7. The van der Waals surface area contributed by atoms with E-state index in [1.807, 2.05) is 0 Å². The van der Waals surface area contributed by atoms with Crippen LogP contribution >= 0.6 is 0 Å². The molecule has 0 aliphatic heterocycles. The first kappa shape index (κ1) is 13.5. The molecule has 3 aromatic rings. The zero-order chi connectivity index (χ0) is 14.8. The number of rotatable bonds is 4. The highest BCUT2D eigenvalue weighted by Crippen LogP contribution is 2.34. The first-order valence-corrected chi connectivity index (χ1v) is 6.38. The molecule has 6 heteroatoms. The lowest BCUT2D eigenvalue weighted by Gasteiger charge is -2.10. The Kier molecular flexibility index (Phi) is 3.55. The molecule has 5 nitrogen and oxygen atoms in total. The minimum atomic E-state index is -1.06. The Labute approximate surface area is 119 Å². The Morgan fingerprint density at radius 3 is 2.81 bits per heavy atom. The van der Waals surface area contributed by atoms with Gasteiger partial charge in [-0.25, -0.2) is 9.37 Å². The van der Waals surface area contributed by atoms with Crippen LogP contribution in [0.4, 0.5) is 4.39 Å². The molecule has 21 heavy (non-hydrogen) atoms. The highest BCUT2D eigenvalue weighted by Gasteiger charge is 2.17. The lowest BCUT2D eigenvalue weighted by molar-refractivity contribution is 0.0966. The van der Waals surface area contributed by atoms with Crippen LogP contribution in [0.5, 0.6) is 11.5 Å². The zero-order valence-corrected chi connectivity index (χ0v) is 11.0. The molecule has 0 radical (unpaired) electrons. The number of hydrogen-bond donors (Lipinski definition) is 3. The summed E-state index contributed by atoms with van der Waals surface area (Å²) in [6, 6.07) is 7.62. The monoisotopic (exact) mass is 288 g/mol. The molecule has 0 amide bonds. The van der Waals surface area contributed by atoms with E-state index in [0.717, 1.165) is 0 Å². The van der Waals surface area contributed by atoms with Gasteiger partial charge >= 0.3 is 0 Å². The zero-order valence-electron chi connectivity index (χ0n) is 11.0. The molecule has 2 aromatic heterocycles. The van der Waals surface area contributed by atoms with Crippen molar-refractivity contribution in [3.63, 3.8) is 0 Å². The van der Waals surface area contributed by atoms with E-state index in [2.05, 4.69) is 9.97 Å². The number of pyridine rings is 1. The van der Waals surface area contributed by atoms with Gasteiger partial charge in [-0.3, -0.25) is 0 Å². The Hall–Kier alpha value is -2.44. The number of fused-ring (bicyclic) bond motifs is 1. The minimum Gasteiger partial charge on any atom is -0.453 e. The Balaban J connectivity index is 2.10. The summed E-state index contributed by atoms with van der Waals surface area (Å²) < 4.78 is 19.3. The standard InChI is InChI=1S/C15H13FN2O3/c16-10-3-1-2-4-12(10)21-13-5-6-17-15-14(13)9(7-18-15)11(20)8-19/h1-7,11,19-20H,8H2,(H,17,18). The third-order valence-corrected chi connectivity index (χ3v) is 3.15. The molecule has 0 aliphatic carbocycles. The second-order valence-electron chi connectivity index (χ2n) is 4.51. The average molecular weight is 288 g/mol. The fraction of sp³-hybridized carbons (Fsp3) is 0.133. The number of aromatic amines is 1. The Morgan fingerprint density at radius 1 is 1.24 bits per heavy atom. The van der Waals surface area contributed by atoms with Crippen molar-refractivity contribution in [3.05, 3.63) is 54.1 Å². The molecule has 3 N–H and O–H groups in total. The predicted octanol–water partition coefficient (Wildman–Crippen LogP) is 2.52. The molecule has 0 saturated heterocycles. The van der Waals surface area contributed by atoms with Crippen LogP contribution in [0.2, 0.25) is 0 Å². The molecule has 108 valence electrons. The van der Waals surface area contributed by atoms with E-state index in [9.17, 15) is 9.50 Å². The number of para-hydroxylation sites is 1. The summed E-state index contributed by atoms with van der Waals surface area (Å²) >= 11 is 0. The summed E-state index contributed by atoms with van der Waals surface area (Å²) in [7, 11) is 0. The molecule has 0 saturated carbocycles. The fourth-order valence-corrected chi connectivity index (χ4v) is 2.14. The van der Waals surface area contributed by atoms with Gasteiger partial charge in [0.05, 0.1) is 12.0 Å². The number of hydrogen-bond acceptors (Lipinski definition) is 4. The molecular weight excluding hydrogens is 275 g/mol. The van der Waals surface area contributed by atoms with Crippen molar-refractivity contribution in [1.82, 2.24) is 9.97 Å². The summed E-state index contributed by atoms with van der Waals surface area (Å²) in [6.07, 6.45) is 2.00. The maximum absolute atomic E-state index is 13.7. The van der Waals surface area contributed by atoms with Crippen LogP contribution in [0.3, 0.4) is 0 Å². The van der Waals surface area contributed by atoms with E-state index in [1.165, 1.54) is 18.3 Å². The highest BCUT2D eigenvalue weighted by atomic mass is 19.1. The first-order valence-electron chi connectivity index (χ1n) is 6.38. The van der Waals surface area contributed by atoms with Gasteiger partial charge in [0.2, 0.25) is 0 Å². The molecular formula is C15H13FN2O3. The van der Waals surface area contributed by atoms with Crippen LogP contribution in [0.15, 0.2) is 42.7 Å². The largest absolute Gasteiger partial charge is 0.453 e. The molecule has 0 fully saturated rings. The van der Waals surface area contributed by atoms with Crippen molar-refractivity contribution in [2.45, 2.75) is 6.10 Å². The van der Waals surface area contributed by atoms with Crippen LogP contribution in [-0.4, -0.2) is 26.8 Å². The summed E-state index contributed by atoms with van der Waals surface area (Å²) in [5.41, 5.74) is 0.943. The number of nitrogens with one attached hydrogen (secondary N) is 1. The highest BCUT2D eigenvalue weighted by molar-refractivity contribution is 5.87. The fourth-order valence-electron chi connectivity index (χ4n) is 2.14. The number of benzene rings is 1. The van der Waals surface area contributed by atoms with Crippen LogP contribution in [0.1, 0.15) is 11.7 Å². The van der Waals surface area contributed by atoms with Gasteiger partial charge in [-0.05, 0) is 18.2 Å². The molecule has 1 unspecified atom stereocenters. The Bertz CT molecular complexity index is 772. The average Bonchev–Trinajstić information content (AvgIpc) is 2.94. The molecule has 1 aromatic carbocycles. The second kappa shape index (κ2) is 5.51. The third kappa shape index (κ3) is 2.46. The normalized spacial score (nSPS) is 12.5. The second-order valence-corrected chi connectivity index (χ2v) is 4.51. The van der Waals surface area contributed by atoms with E-state index in [1.54, 1.807) is 24.4 Å². The van der Waals surface area contributed by atoms with Gasteiger partial charge in [0.1, 0.15) is 17.5 Å². The van der Waals surface area contributed by atoms with E-state index in [0.29, 0.717) is 22.3 Å². The van der Waals surface area contributed by atoms with Gasteiger partial charge < -0.3 is 19.9 Å². The number of ether oxygens (including phenoxy) is 1. The number of aliphatic hydroxyl groups excluding tert-OH is 2. The van der Waals surface area contributed by atoms with Crippen LogP contribution in [0, 0.1) is 5.82 Å². The quantitative estimate of drug-likeness (QED) is 0.689. The molecule has 0 spiro atoms. The summed E-state index contributed by atoms with van der Waals surface area (Å²) in [5, 5.41) is 19.5. The number of aromatic nitrogens is 2. The van der Waals surface area contributed by atoms with Gasteiger partial charge in [0, 0.05) is 18.0 Å². The van der Waals surface area contributed by atoms with Crippen molar-refractivity contribution in [1.29, 1.82) is 0 Å². The van der Waals surface area contributed by atoms with Crippen molar-refractivity contribution in [2.75, 3.05) is 6.61 Å². The first-order chi connectivity index (χ1) is 10.2. The number of halogens is 1. The van der Waals surface area contributed by atoms with Crippen molar-refractivity contribution >= 4 is 11.0 Å². The van der Waals surface area contributed by atoms with Crippen molar-refractivity contribution in [3.8, 4) is 11.5 Å². The van der Waals surface area contributed by atoms with Gasteiger partial charge in [0.25, 0.3) is 0 Å². The van der Waals surface area contributed by atoms with E-state index >= 15 is 0 Å². The van der Waals surface area contributed by atoms with E-state index in [4.69, 9.17) is 9.84 Å². The predicted molar refractivity (Wildman–Crippen MR) is 74.6 cm³/mol. The van der Waals surface area contributed by atoms with E-state index in [-0.39, 0.29) is 5.75 Å². The van der Waals surface area contributed by atoms with Crippen molar-refractivity contribution in [2.24, 2.45) is 0 Å². The molecule has 0 aliphatic rings. The third-order valence-electron chi connectivity index (χ3n) is 3.15. The molecule has 1 atom stereocenters. The van der Waals surface area contributed by atoms with Gasteiger partial charge in [0.15, 0.2) is 11.6 Å². The molecule has 2 heterocycles. The lowest BCUT2D eigenvalue weighted by atomic mass is 10.1. The van der Waals surface area contributed by atoms with Crippen molar-refractivity contribution < 1.29 is 19.3 Å². The smallest absolute Gasteiger partial charge is 0.165 e. The maximum Gasteiger partial charge on any atom is 0.165 e. The van der Waals surface area contributed by atoms with Gasteiger partial charge in [-0.15, -0.1) is 0 Å². The summed E-state index contributed by atoms with van der Waals surface area (Å²) in [6.45, 7) is -0.430. The van der Waals surface area contributed by atoms with Gasteiger partial charge in [-0.1, -0.05) is 12.1 Å². The minimum absolute atomic E-state index is 0.0793. The van der Waals surface area contributed by atoms with E-state index < -0.39 is 18.5 Å². The lowest BCUT2D eigenvalue weighted by Crippen LogP contribution is -2.02. The SMILES string of the molecule is OCC(O)c1c[nH]c2nccc(Oc3ccccc3F)c12. The van der Waals surface area contributed by atoms with Crippen LogP contribution in [-0.2, 0) is 0 Å². The topological polar surface area (TPSA) is 78.4 Å². The number of aliphatic hydroxyl groups is 2. The Morgan fingerprint density at radius 2 is 2.05 bits per heavy atom. The summed E-state index contributed by atoms with van der Waals surface area (Å²) in [4.78, 5) is 7.01. The molecule has 3 rings (SSSR count). The van der Waals surface area contributed by atoms with Crippen LogP contribution in [0.25, 0.3) is 11.0 Å². The molecule has 0 bridgehead atoms. The number of H-pyrrole nitrogens is 1.